The highest BCUT2D eigenvalue weighted by Gasteiger charge is 2.77. The van der Waals surface area contributed by atoms with Gasteiger partial charge in [0.25, 0.3) is 0 Å². The number of amides is 1. The largest absolute Gasteiger partial charge is 0.509 e. The second kappa shape index (κ2) is 19.1. The predicted molar refractivity (Wildman–Crippen MR) is 243 cm³/mol. The first-order chi connectivity index (χ1) is 33.5. The fourth-order valence-corrected chi connectivity index (χ4v) is 11.2. The molecule has 3 aliphatic carbocycles. The number of nitro groups is 1. The van der Waals surface area contributed by atoms with Gasteiger partial charge in [-0.3, -0.25) is 9.59 Å². The molecule has 4 aliphatic rings. The molecular weight excluding hydrogens is 929 g/mol. The number of benzene rings is 2. The number of nitrogens with one attached hydrogen (secondary N) is 1. The first-order valence-electron chi connectivity index (χ1n) is 23.0. The van der Waals surface area contributed by atoms with E-state index in [0.29, 0.717) is 11.4 Å². The quantitative estimate of drug-likeness (QED) is 0.0399. The summed E-state index contributed by atoms with van der Waals surface area (Å²) in [6.45, 7) is 7.88. The molecule has 2 aromatic heterocycles. The summed E-state index contributed by atoms with van der Waals surface area (Å²) in [6, 6.07) is 14.5. The van der Waals surface area contributed by atoms with E-state index in [9.17, 15) is 49.7 Å². The first-order valence-corrected chi connectivity index (χ1v) is 23.0. The molecule has 11 unspecified atom stereocenters. The molecule has 1 saturated heterocycles. The van der Waals surface area contributed by atoms with Gasteiger partial charge in [-0.25, -0.2) is 23.9 Å². The van der Waals surface area contributed by atoms with Crippen molar-refractivity contribution in [3.8, 4) is 0 Å². The van der Waals surface area contributed by atoms with E-state index >= 15 is 4.79 Å². The van der Waals surface area contributed by atoms with E-state index < -0.39 is 130 Å². The summed E-state index contributed by atoms with van der Waals surface area (Å²) in [6.07, 6.45) is -8.38. The van der Waals surface area contributed by atoms with Crippen molar-refractivity contribution in [2.75, 3.05) is 6.61 Å². The molecule has 2 aromatic carbocycles. The third-order valence-corrected chi connectivity index (χ3v) is 15.0. The number of aryl methyl sites for hydroxylation is 1. The van der Waals surface area contributed by atoms with Gasteiger partial charge in [0.1, 0.15) is 60.4 Å². The summed E-state index contributed by atoms with van der Waals surface area (Å²) >= 11 is 0. The number of hydrogen-bond donors (Lipinski definition) is 5. The zero-order valence-corrected chi connectivity index (χ0v) is 39.7. The lowest BCUT2D eigenvalue weighted by Gasteiger charge is -2.67. The Hall–Kier alpha value is -6.85. The Morgan fingerprint density at radius 1 is 0.944 bits per heavy atom. The lowest BCUT2D eigenvalue weighted by atomic mass is 9.44. The Labute approximate surface area is 406 Å². The zero-order valence-electron chi connectivity index (χ0n) is 39.7. The van der Waals surface area contributed by atoms with Crippen LogP contribution in [0.4, 0.5) is 10.7 Å². The van der Waals surface area contributed by atoms with E-state index in [1.165, 1.54) is 65.3 Å². The van der Waals surface area contributed by atoms with Crippen LogP contribution in [0.3, 0.4) is 0 Å². The van der Waals surface area contributed by atoms with Crippen molar-refractivity contribution in [2.24, 2.45) is 16.7 Å². The average molecular weight is 985 g/mol. The number of nitrogens with zero attached hydrogens (tertiary/aromatic N) is 5. The van der Waals surface area contributed by atoms with Crippen molar-refractivity contribution in [1.82, 2.24) is 24.4 Å². The minimum atomic E-state index is -2.47. The number of carbonyl (C=O) groups excluding carboxylic acids is 5. The fraction of sp³-hybridized carbons (Fsp3) is 0.490. The normalized spacial score (nSPS) is 29.9. The summed E-state index contributed by atoms with van der Waals surface area (Å²) in [4.78, 5) is 89.7. The second-order valence-electron chi connectivity index (χ2n) is 19.4. The Morgan fingerprint density at radius 2 is 1.58 bits per heavy atom. The van der Waals surface area contributed by atoms with Gasteiger partial charge in [0.05, 0.1) is 36.3 Å². The second-order valence-corrected chi connectivity index (χ2v) is 19.4. The summed E-state index contributed by atoms with van der Waals surface area (Å²) in [7, 11) is 0. The van der Waals surface area contributed by atoms with E-state index in [1.54, 1.807) is 66.2 Å². The number of Topliss-reactive ketones (excluding diaryl/α,β-unsaturated/α-hetero) is 1. The van der Waals surface area contributed by atoms with Crippen LogP contribution < -0.4 is 5.32 Å². The Balaban J connectivity index is 1.21. The van der Waals surface area contributed by atoms with Gasteiger partial charge in [-0.1, -0.05) is 67.4 Å². The summed E-state index contributed by atoms with van der Waals surface area (Å²) in [5.41, 5.74) is -8.25. The first kappa shape index (κ1) is 50.5. The summed E-state index contributed by atoms with van der Waals surface area (Å²) in [5, 5.41) is 64.9. The van der Waals surface area contributed by atoms with E-state index in [2.05, 4.69) is 15.3 Å². The molecule has 2 bridgehead atoms. The highest BCUT2D eigenvalue weighted by molar-refractivity contribution is 5.94. The summed E-state index contributed by atoms with van der Waals surface area (Å²) in [5.74, 6) is -5.62. The number of aliphatic hydroxyl groups excluding tert-OH is 2. The Bertz CT molecular complexity index is 2740. The topological polar surface area (TPSA) is 303 Å². The molecule has 22 nitrogen and oxygen atoms in total. The van der Waals surface area contributed by atoms with Crippen LogP contribution in [0.5, 0.6) is 0 Å². The van der Waals surface area contributed by atoms with E-state index in [4.69, 9.17) is 23.7 Å². The van der Waals surface area contributed by atoms with Crippen molar-refractivity contribution in [2.45, 2.75) is 127 Å². The molecule has 22 heteroatoms. The van der Waals surface area contributed by atoms with Crippen molar-refractivity contribution in [3.05, 3.63) is 124 Å². The van der Waals surface area contributed by atoms with E-state index in [0.717, 1.165) is 4.57 Å². The molecule has 3 heterocycles. The highest BCUT2D eigenvalue weighted by atomic mass is 16.7. The van der Waals surface area contributed by atoms with Crippen LogP contribution in [0.25, 0.3) is 0 Å². The molecule has 71 heavy (non-hydrogen) atoms. The zero-order chi connectivity index (χ0) is 51.4. The number of aromatic nitrogens is 4. The lowest BCUT2D eigenvalue weighted by Crippen LogP contribution is -2.81. The van der Waals surface area contributed by atoms with Gasteiger partial charge in [-0.05, 0) is 54.5 Å². The predicted octanol–water partition coefficient (Wildman–Crippen LogP) is 2.84. The van der Waals surface area contributed by atoms with Crippen LogP contribution in [0.2, 0.25) is 0 Å². The fourth-order valence-electron chi connectivity index (χ4n) is 11.2. The number of carbonyl (C=O) groups is 5. The molecule has 8 rings (SSSR count). The number of ether oxygens (including phenoxy) is 5. The van der Waals surface area contributed by atoms with Crippen molar-refractivity contribution >= 4 is 35.7 Å². The van der Waals surface area contributed by atoms with Crippen LogP contribution in [-0.4, -0.2) is 135 Å². The van der Waals surface area contributed by atoms with Crippen molar-refractivity contribution < 1.29 is 73.0 Å². The minimum absolute atomic E-state index is 0.0145. The number of hydrogen-bond acceptors (Lipinski definition) is 18. The molecule has 2 saturated carbocycles. The molecule has 0 radical (unpaired) electrons. The van der Waals surface area contributed by atoms with Crippen LogP contribution in [-0.2, 0) is 51.2 Å². The number of esters is 2. The molecule has 0 spiro atoms. The van der Waals surface area contributed by atoms with Crippen LogP contribution in [0, 0.1) is 33.8 Å². The van der Waals surface area contributed by atoms with E-state index in [-0.39, 0.29) is 36.2 Å². The van der Waals surface area contributed by atoms with Gasteiger partial charge in [-0.15, -0.1) is 0 Å². The average Bonchev–Trinajstić information content (AvgIpc) is 3.97. The minimum Gasteiger partial charge on any atom is -0.456 e. The monoisotopic (exact) mass is 984 g/mol. The molecule has 1 amide bonds. The standard InChI is InChI=1S/C49H56N6O16/c1-26-32(69-43(61)38(58)36(52-28(3)56)29-13-9-7-10-14-29)22-49(64)41(71-42(60)30-15-11-8-12-16-30)39-47(6,40(59)37(57)35(26)46(49,4)5)33(21-34-48(39,63)25-67-34)70-45(62)68-31(23-53-19-17-50-27(53)2)24-54-20-18-51-44(54)55(65)66/h7-20,31-34,36-39,41,57-58,63-64H,21-25H2,1-6H3,(H,52,56)/t31?,32?,33?,34?,36?,37?,38?,39?,41?,47-,48?,49?/m1/s1. The van der Waals surface area contributed by atoms with Gasteiger partial charge in [0.15, 0.2) is 18.0 Å². The number of rotatable bonds is 14. The maximum atomic E-state index is 15.6. The van der Waals surface area contributed by atoms with Crippen LogP contribution >= 0.6 is 0 Å². The molecule has 4 aromatic rings. The lowest BCUT2D eigenvalue weighted by molar-refractivity contribution is -0.397. The van der Waals surface area contributed by atoms with Gasteiger partial charge >= 0.3 is 24.0 Å². The van der Waals surface area contributed by atoms with Crippen molar-refractivity contribution in [3.63, 3.8) is 0 Å². The van der Waals surface area contributed by atoms with Crippen LogP contribution in [0.15, 0.2) is 96.6 Å². The number of imidazole rings is 2. The smallest absolute Gasteiger partial charge is 0.456 e. The number of fused-ring (bicyclic) bond motifs is 5. The number of aliphatic hydroxyl groups is 4. The van der Waals surface area contributed by atoms with Gasteiger partial charge in [-0.2, -0.15) is 0 Å². The SMILES string of the molecule is CC(=O)NC(c1ccccc1)C(O)C(=O)OC1CC2(O)C(OC(=O)c3ccccc3)C3C4(O)COC4CC(OC(=O)OC(Cn4ccnc4C)Cn4ccnc4[N+](=O)[O-])[C@@]3(C)C(=O)C(O)C(=C1C)C2(C)C. The molecule has 5 N–H and O–H groups in total. The summed E-state index contributed by atoms with van der Waals surface area (Å²) < 4.78 is 33.0. The van der Waals surface area contributed by atoms with Gasteiger partial charge < -0.3 is 64.1 Å². The number of ketones is 1. The highest BCUT2D eigenvalue weighted by Crippen LogP contribution is 2.63. The third kappa shape index (κ3) is 8.87. The molecular formula is C49H56N6O16. The van der Waals surface area contributed by atoms with Gasteiger partial charge in [0, 0.05) is 43.5 Å². The van der Waals surface area contributed by atoms with Crippen LogP contribution in [0.1, 0.15) is 75.2 Å². The third-order valence-electron chi connectivity index (χ3n) is 15.0. The maximum absolute atomic E-state index is 15.6. The Morgan fingerprint density at radius 3 is 2.18 bits per heavy atom. The van der Waals surface area contributed by atoms with E-state index in [1.807, 2.05) is 0 Å². The molecule has 1 aliphatic heterocycles. The maximum Gasteiger partial charge on any atom is 0.509 e. The molecule has 3 fully saturated rings. The van der Waals surface area contributed by atoms with Gasteiger partial charge in [0.2, 0.25) is 5.91 Å². The molecule has 378 valence electrons. The Kier molecular flexibility index (Phi) is 13.6. The molecule has 12 atom stereocenters. The van der Waals surface area contributed by atoms with Crippen molar-refractivity contribution in [1.29, 1.82) is 0 Å².